The summed E-state index contributed by atoms with van der Waals surface area (Å²) in [7, 11) is 0. The van der Waals surface area contributed by atoms with E-state index >= 15 is 0 Å². The average Bonchev–Trinajstić information content (AvgIpc) is 2.79. The molecule has 4 heteroatoms. The van der Waals surface area contributed by atoms with Crippen molar-refractivity contribution in [2.75, 3.05) is 13.2 Å². The van der Waals surface area contributed by atoms with Crippen LogP contribution in [0.1, 0.15) is 41.4 Å². The molecule has 0 spiro atoms. The maximum atomic E-state index is 11.9. The summed E-state index contributed by atoms with van der Waals surface area (Å²) >= 11 is 1.43. The van der Waals surface area contributed by atoms with Gasteiger partial charge in [-0.25, -0.2) is 0 Å². The summed E-state index contributed by atoms with van der Waals surface area (Å²) in [4.78, 5) is 12.7. The lowest BCUT2D eigenvalue weighted by Gasteiger charge is -2.38. The van der Waals surface area contributed by atoms with Crippen LogP contribution in [0.15, 0.2) is 11.4 Å². The van der Waals surface area contributed by atoms with Gasteiger partial charge >= 0.3 is 0 Å². The molecule has 0 unspecified atom stereocenters. The second-order valence-electron chi connectivity index (χ2n) is 5.01. The first kappa shape index (κ1) is 13.1. The molecule has 0 bridgehead atoms. The Bertz CT molecular complexity index is 491. The van der Waals surface area contributed by atoms with Gasteiger partial charge in [0.2, 0.25) is 0 Å². The Kier molecular flexibility index (Phi) is 4.05. The zero-order valence-corrected chi connectivity index (χ0v) is 11.3. The Balaban J connectivity index is 1.90. The molecule has 0 radical (unpaired) electrons. The molecule has 1 fully saturated rings. The van der Waals surface area contributed by atoms with Gasteiger partial charge in [-0.2, -0.15) is 0 Å². The van der Waals surface area contributed by atoms with Crippen LogP contribution in [-0.2, 0) is 0 Å². The molecule has 0 aromatic carbocycles. The average molecular weight is 263 g/mol. The molecule has 1 aromatic rings. The maximum Gasteiger partial charge on any atom is 0.252 e. The summed E-state index contributed by atoms with van der Waals surface area (Å²) < 4.78 is 0. The van der Waals surface area contributed by atoms with Gasteiger partial charge in [-0.05, 0) is 24.3 Å². The first-order valence-electron chi connectivity index (χ1n) is 6.09. The molecule has 18 heavy (non-hydrogen) atoms. The summed E-state index contributed by atoms with van der Waals surface area (Å²) in [5.41, 5.74) is 0.954. The molecule has 2 N–H and O–H groups in total. The second-order valence-corrected chi connectivity index (χ2v) is 5.92. The molecule has 1 aliphatic rings. The monoisotopic (exact) mass is 263 g/mol. The van der Waals surface area contributed by atoms with Crippen molar-refractivity contribution in [1.29, 1.82) is 0 Å². The quantitative estimate of drug-likeness (QED) is 0.820. The molecule has 2 rings (SSSR count). The number of hydrogen-bond acceptors (Lipinski definition) is 3. The summed E-state index contributed by atoms with van der Waals surface area (Å²) in [6.45, 7) is 2.81. The van der Waals surface area contributed by atoms with E-state index in [2.05, 4.69) is 24.1 Å². The molecular formula is C14H17NO2S. The van der Waals surface area contributed by atoms with Crippen molar-refractivity contribution in [1.82, 2.24) is 5.32 Å². The summed E-state index contributed by atoms with van der Waals surface area (Å²) in [5.74, 6) is 5.35. The first-order chi connectivity index (χ1) is 8.63. The number of aliphatic hydroxyl groups excluding tert-OH is 1. The van der Waals surface area contributed by atoms with Gasteiger partial charge in [-0.3, -0.25) is 4.79 Å². The van der Waals surface area contributed by atoms with Crippen molar-refractivity contribution in [3.05, 3.63) is 21.9 Å². The fourth-order valence-corrected chi connectivity index (χ4v) is 2.76. The minimum absolute atomic E-state index is 0.0311. The van der Waals surface area contributed by atoms with Gasteiger partial charge in [0.15, 0.2) is 0 Å². The Labute approximate surface area is 111 Å². The largest absolute Gasteiger partial charge is 0.384 e. The van der Waals surface area contributed by atoms with E-state index in [1.54, 1.807) is 11.4 Å². The minimum Gasteiger partial charge on any atom is -0.384 e. The first-order valence-corrected chi connectivity index (χ1v) is 6.97. The van der Waals surface area contributed by atoms with Gasteiger partial charge < -0.3 is 10.4 Å². The topological polar surface area (TPSA) is 49.3 Å². The number of amides is 1. The summed E-state index contributed by atoms with van der Waals surface area (Å²) in [5, 5.41) is 13.4. The standard InChI is InChI=1S/C14H17NO2S/c1-14(5-3-6-14)10-15-13(17)11-8-12(18-9-11)4-2-7-16/h8-9,16H,3,5-7,10H2,1H3,(H,15,17). The highest BCUT2D eigenvalue weighted by Crippen LogP contribution is 2.39. The van der Waals surface area contributed by atoms with Gasteiger partial charge in [0, 0.05) is 11.9 Å². The molecule has 3 nitrogen and oxygen atoms in total. The van der Waals surface area contributed by atoms with Gasteiger partial charge in [0.25, 0.3) is 5.91 Å². The minimum atomic E-state index is -0.155. The lowest BCUT2D eigenvalue weighted by molar-refractivity contribution is 0.0891. The molecule has 96 valence electrons. The van der Waals surface area contributed by atoms with Crippen molar-refractivity contribution in [3.8, 4) is 11.8 Å². The molecule has 0 aliphatic heterocycles. The Morgan fingerprint density at radius 1 is 1.61 bits per heavy atom. The molecule has 0 atom stereocenters. The SMILES string of the molecule is CC1(CNC(=O)c2csc(C#CCO)c2)CCC1. The maximum absolute atomic E-state index is 11.9. The number of hydrogen-bond donors (Lipinski definition) is 2. The van der Waals surface area contributed by atoms with Crippen LogP contribution in [0.4, 0.5) is 0 Å². The molecule has 0 saturated heterocycles. The van der Waals surface area contributed by atoms with Crippen molar-refractivity contribution in [2.24, 2.45) is 5.41 Å². The predicted molar refractivity (Wildman–Crippen MR) is 72.6 cm³/mol. The fourth-order valence-electron chi connectivity index (χ4n) is 2.00. The van der Waals surface area contributed by atoms with Gasteiger partial charge in [-0.1, -0.05) is 25.2 Å². The lowest BCUT2D eigenvalue weighted by Crippen LogP contribution is -2.39. The highest BCUT2D eigenvalue weighted by molar-refractivity contribution is 7.10. The molecule has 1 aromatic heterocycles. The Morgan fingerprint density at radius 3 is 3.00 bits per heavy atom. The zero-order valence-electron chi connectivity index (χ0n) is 10.5. The fraction of sp³-hybridized carbons (Fsp3) is 0.500. The van der Waals surface area contributed by atoms with Gasteiger partial charge in [0.05, 0.1) is 10.4 Å². The van der Waals surface area contributed by atoms with E-state index in [0.29, 0.717) is 11.0 Å². The summed E-state index contributed by atoms with van der Waals surface area (Å²) in [6, 6.07) is 1.77. The Hall–Kier alpha value is -1.31. The van der Waals surface area contributed by atoms with Crippen LogP contribution in [0.2, 0.25) is 0 Å². The van der Waals surface area contributed by atoms with Crippen LogP contribution in [0.3, 0.4) is 0 Å². The van der Waals surface area contributed by atoms with E-state index in [1.807, 2.05) is 0 Å². The predicted octanol–water partition coefficient (Wildman–Crippen LogP) is 2.01. The number of carbonyl (C=O) groups is 1. The molecule has 1 saturated carbocycles. The lowest BCUT2D eigenvalue weighted by atomic mass is 9.70. The molecular weight excluding hydrogens is 246 g/mol. The van der Waals surface area contributed by atoms with Crippen LogP contribution >= 0.6 is 11.3 Å². The van der Waals surface area contributed by atoms with E-state index in [1.165, 1.54) is 30.6 Å². The molecule has 1 heterocycles. The number of aliphatic hydroxyl groups is 1. The van der Waals surface area contributed by atoms with E-state index in [9.17, 15) is 4.79 Å². The van der Waals surface area contributed by atoms with Crippen LogP contribution in [0.5, 0.6) is 0 Å². The van der Waals surface area contributed by atoms with Gasteiger partial charge in [0.1, 0.15) is 6.61 Å². The van der Waals surface area contributed by atoms with Crippen molar-refractivity contribution in [2.45, 2.75) is 26.2 Å². The van der Waals surface area contributed by atoms with Crippen LogP contribution in [-0.4, -0.2) is 24.2 Å². The van der Waals surface area contributed by atoms with E-state index in [4.69, 9.17) is 5.11 Å². The molecule has 1 amide bonds. The van der Waals surface area contributed by atoms with Gasteiger partial charge in [-0.15, -0.1) is 11.3 Å². The Morgan fingerprint density at radius 2 is 2.39 bits per heavy atom. The third kappa shape index (κ3) is 3.12. The third-order valence-electron chi connectivity index (χ3n) is 3.39. The van der Waals surface area contributed by atoms with Crippen molar-refractivity contribution < 1.29 is 9.90 Å². The zero-order chi connectivity index (χ0) is 13.0. The van der Waals surface area contributed by atoms with E-state index in [0.717, 1.165) is 11.4 Å². The molecule has 1 aliphatic carbocycles. The van der Waals surface area contributed by atoms with Crippen molar-refractivity contribution in [3.63, 3.8) is 0 Å². The second kappa shape index (κ2) is 5.55. The highest BCUT2D eigenvalue weighted by Gasteiger charge is 2.31. The summed E-state index contributed by atoms with van der Waals surface area (Å²) in [6.07, 6.45) is 3.67. The number of thiophene rings is 1. The number of nitrogens with one attached hydrogen (secondary N) is 1. The third-order valence-corrected chi connectivity index (χ3v) is 4.23. The van der Waals surface area contributed by atoms with Crippen molar-refractivity contribution >= 4 is 17.2 Å². The smallest absolute Gasteiger partial charge is 0.252 e. The highest BCUT2D eigenvalue weighted by atomic mass is 32.1. The van der Waals surface area contributed by atoms with E-state index in [-0.39, 0.29) is 12.5 Å². The van der Waals surface area contributed by atoms with E-state index < -0.39 is 0 Å². The van der Waals surface area contributed by atoms with Crippen LogP contribution in [0, 0.1) is 17.3 Å². The van der Waals surface area contributed by atoms with Crippen LogP contribution < -0.4 is 5.32 Å². The number of rotatable bonds is 3. The van der Waals surface area contributed by atoms with Crippen LogP contribution in [0.25, 0.3) is 0 Å². The normalized spacial score (nSPS) is 16.3. The number of carbonyl (C=O) groups excluding carboxylic acids is 1.